The third-order valence-corrected chi connectivity index (χ3v) is 2.42. The van der Waals surface area contributed by atoms with Crippen molar-refractivity contribution < 1.29 is 19.4 Å². The molecule has 0 fully saturated rings. The Balaban J connectivity index is 2.75. The van der Waals surface area contributed by atoms with Crippen LogP contribution in [-0.2, 0) is 14.3 Å². The fraction of sp³-hybridized carbons (Fsp3) is 0.636. The maximum atomic E-state index is 11.6. The van der Waals surface area contributed by atoms with E-state index in [1.54, 1.807) is 6.92 Å². The van der Waals surface area contributed by atoms with E-state index < -0.39 is 11.8 Å². The molecule has 1 rings (SSSR count). The molecular formula is C11H16O4. The lowest BCUT2D eigenvalue weighted by molar-refractivity contribution is -0.151. The Morgan fingerprint density at radius 3 is 2.60 bits per heavy atom. The van der Waals surface area contributed by atoms with Gasteiger partial charge in [0.1, 0.15) is 0 Å². The van der Waals surface area contributed by atoms with E-state index in [1.165, 1.54) is 0 Å². The molecule has 0 unspecified atom stereocenters. The fourth-order valence-corrected chi connectivity index (χ4v) is 1.63. The summed E-state index contributed by atoms with van der Waals surface area (Å²) in [5, 5.41) is 9.59. The molecule has 0 amide bonds. The van der Waals surface area contributed by atoms with Crippen LogP contribution in [0, 0.1) is 0 Å². The Labute approximate surface area is 88.9 Å². The number of carbonyl (C=O) groups excluding carboxylic acids is 2. The van der Waals surface area contributed by atoms with Gasteiger partial charge in [0.05, 0.1) is 12.4 Å². The van der Waals surface area contributed by atoms with Crippen LogP contribution in [0.3, 0.4) is 0 Å². The molecule has 1 aliphatic rings. The van der Waals surface area contributed by atoms with E-state index in [0.29, 0.717) is 12.8 Å². The minimum Gasteiger partial charge on any atom is -0.512 e. The van der Waals surface area contributed by atoms with E-state index in [2.05, 4.69) is 4.74 Å². The van der Waals surface area contributed by atoms with Crippen molar-refractivity contribution in [3.05, 3.63) is 11.3 Å². The van der Waals surface area contributed by atoms with Gasteiger partial charge in [-0.25, -0.2) is 4.79 Å². The number of rotatable bonds is 3. The van der Waals surface area contributed by atoms with Crippen LogP contribution in [0.5, 0.6) is 0 Å². The summed E-state index contributed by atoms with van der Waals surface area (Å²) >= 11 is 0. The summed E-state index contributed by atoms with van der Waals surface area (Å²) in [5.74, 6) is -1.48. The highest BCUT2D eigenvalue weighted by Crippen LogP contribution is 2.22. The Hall–Kier alpha value is -1.32. The van der Waals surface area contributed by atoms with Crippen molar-refractivity contribution in [1.29, 1.82) is 0 Å². The number of aliphatic hydroxyl groups is 1. The van der Waals surface area contributed by atoms with Crippen LogP contribution in [-0.4, -0.2) is 23.5 Å². The van der Waals surface area contributed by atoms with Crippen LogP contribution in [0.15, 0.2) is 11.3 Å². The summed E-state index contributed by atoms with van der Waals surface area (Å²) in [6, 6.07) is 0. The SMILES string of the molecule is CCOC(=O)C(=O)C1=C(O)CCCCC1. The number of carbonyl (C=O) groups is 2. The number of Topliss-reactive ketones (excluding diaryl/α,β-unsaturated/α-hetero) is 1. The molecule has 0 spiro atoms. The van der Waals surface area contributed by atoms with E-state index in [4.69, 9.17) is 0 Å². The molecule has 1 aliphatic carbocycles. The maximum absolute atomic E-state index is 11.6. The normalized spacial score (nSPS) is 17.1. The molecule has 4 heteroatoms. The lowest BCUT2D eigenvalue weighted by atomic mass is 10.1. The van der Waals surface area contributed by atoms with Gasteiger partial charge in [-0.05, 0) is 26.2 Å². The molecule has 0 aliphatic heterocycles. The molecule has 0 heterocycles. The molecule has 1 N–H and O–H groups in total. The average Bonchev–Trinajstić information content (AvgIpc) is 2.42. The second-order valence-corrected chi connectivity index (χ2v) is 3.54. The molecule has 0 saturated heterocycles. The zero-order valence-corrected chi connectivity index (χ0v) is 8.91. The zero-order chi connectivity index (χ0) is 11.3. The fourth-order valence-electron chi connectivity index (χ4n) is 1.63. The van der Waals surface area contributed by atoms with Crippen LogP contribution in [0.25, 0.3) is 0 Å². The lowest BCUT2D eigenvalue weighted by Gasteiger charge is -2.05. The first kappa shape index (κ1) is 11.8. The maximum Gasteiger partial charge on any atom is 0.379 e. The number of hydrogen-bond acceptors (Lipinski definition) is 4. The monoisotopic (exact) mass is 212 g/mol. The highest BCUT2D eigenvalue weighted by Gasteiger charge is 2.24. The van der Waals surface area contributed by atoms with Crippen LogP contribution < -0.4 is 0 Å². The lowest BCUT2D eigenvalue weighted by Crippen LogP contribution is -2.20. The summed E-state index contributed by atoms with van der Waals surface area (Å²) in [5.41, 5.74) is 0.242. The summed E-state index contributed by atoms with van der Waals surface area (Å²) < 4.78 is 4.61. The highest BCUT2D eigenvalue weighted by molar-refractivity contribution is 6.40. The largest absolute Gasteiger partial charge is 0.512 e. The molecule has 0 aromatic rings. The summed E-state index contributed by atoms with van der Waals surface area (Å²) in [4.78, 5) is 22.7. The predicted octanol–water partition coefficient (Wildman–Crippen LogP) is 1.89. The van der Waals surface area contributed by atoms with Crippen molar-refractivity contribution in [1.82, 2.24) is 0 Å². The smallest absolute Gasteiger partial charge is 0.379 e. The van der Waals surface area contributed by atoms with Crippen molar-refractivity contribution in [2.45, 2.75) is 39.0 Å². The van der Waals surface area contributed by atoms with E-state index in [0.717, 1.165) is 19.3 Å². The quantitative estimate of drug-likeness (QED) is 0.573. The molecule has 0 aromatic heterocycles. The van der Waals surface area contributed by atoms with Crippen LogP contribution >= 0.6 is 0 Å². The summed E-state index contributed by atoms with van der Waals surface area (Å²) in [6.45, 7) is 1.82. The van der Waals surface area contributed by atoms with Crippen molar-refractivity contribution in [3.8, 4) is 0 Å². The van der Waals surface area contributed by atoms with Gasteiger partial charge in [-0.15, -0.1) is 0 Å². The Bertz CT molecular complexity index is 291. The average molecular weight is 212 g/mol. The summed E-state index contributed by atoms with van der Waals surface area (Å²) in [6.07, 6.45) is 3.64. The van der Waals surface area contributed by atoms with E-state index in [-0.39, 0.29) is 17.9 Å². The van der Waals surface area contributed by atoms with Gasteiger partial charge in [0.25, 0.3) is 5.78 Å². The Kier molecular flexibility index (Phi) is 4.34. The first-order valence-corrected chi connectivity index (χ1v) is 5.29. The van der Waals surface area contributed by atoms with Crippen molar-refractivity contribution in [2.24, 2.45) is 0 Å². The molecule has 84 valence electrons. The van der Waals surface area contributed by atoms with Crippen molar-refractivity contribution >= 4 is 11.8 Å². The zero-order valence-electron chi connectivity index (χ0n) is 8.91. The van der Waals surface area contributed by atoms with Gasteiger partial charge >= 0.3 is 5.97 Å². The number of ether oxygens (including phenoxy) is 1. The van der Waals surface area contributed by atoms with Gasteiger partial charge in [-0.1, -0.05) is 6.42 Å². The molecular weight excluding hydrogens is 196 g/mol. The summed E-state index contributed by atoms with van der Waals surface area (Å²) in [7, 11) is 0. The molecule has 0 saturated carbocycles. The van der Waals surface area contributed by atoms with Crippen LogP contribution in [0.2, 0.25) is 0 Å². The second-order valence-electron chi connectivity index (χ2n) is 3.54. The molecule has 4 nitrogen and oxygen atoms in total. The number of allylic oxidation sites excluding steroid dienone is 1. The molecule has 0 atom stereocenters. The Morgan fingerprint density at radius 2 is 1.93 bits per heavy atom. The van der Waals surface area contributed by atoms with Gasteiger partial charge in [0, 0.05) is 12.0 Å². The van der Waals surface area contributed by atoms with Gasteiger partial charge < -0.3 is 9.84 Å². The third-order valence-electron chi connectivity index (χ3n) is 2.42. The Morgan fingerprint density at radius 1 is 1.27 bits per heavy atom. The highest BCUT2D eigenvalue weighted by atomic mass is 16.5. The predicted molar refractivity (Wildman–Crippen MR) is 54.4 cm³/mol. The first-order valence-electron chi connectivity index (χ1n) is 5.29. The van der Waals surface area contributed by atoms with Crippen LogP contribution in [0.1, 0.15) is 39.0 Å². The van der Waals surface area contributed by atoms with Crippen molar-refractivity contribution in [3.63, 3.8) is 0 Å². The molecule has 15 heavy (non-hydrogen) atoms. The van der Waals surface area contributed by atoms with Gasteiger partial charge in [-0.3, -0.25) is 4.79 Å². The molecule has 0 bridgehead atoms. The van der Waals surface area contributed by atoms with Crippen molar-refractivity contribution in [2.75, 3.05) is 6.61 Å². The molecule has 0 radical (unpaired) electrons. The number of esters is 1. The second kappa shape index (κ2) is 5.53. The molecule has 0 aromatic carbocycles. The minimum absolute atomic E-state index is 0.0607. The first-order chi connectivity index (χ1) is 7.16. The number of ketones is 1. The van der Waals surface area contributed by atoms with Gasteiger partial charge in [-0.2, -0.15) is 0 Å². The standard InChI is InChI=1S/C11H16O4/c1-2-15-11(14)10(13)8-6-4-3-5-7-9(8)12/h12H,2-7H2,1H3. The van der Waals surface area contributed by atoms with Gasteiger partial charge in [0.15, 0.2) is 0 Å². The third kappa shape index (κ3) is 3.08. The number of hydrogen-bond donors (Lipinski definition) is 1. The van der Waals surface area contributed by atoms with Crippen LogP contribution in [0.4, 0.5) is 0 Å². The van der Waals surface area contributed by atoms with E-state index in [9.17, 15) is 14.7 Å². The van der Waals surface area contributed by atoms with Gasteiger partial charge in [0.2, 0.25) is 0 Å². The number of aliphatic hydroxyl groups excluding tert-OH is 1. The topological polar surface area (TPSA) is 63.6 Å². The van der Waals surface area contributed by atoms with E-state index in [1.807, 2.05) is 0 Å². The van der Waals surface area contributed by atoms with E-state index >= 15 is 0 Å². The minimum atomic E-state index is -0.860.